The summed E-state index contributed by atoms with van der Waals surface area (Å²) in [7, 11) is 0. The molecule has 1 saturated heterocycles. The topological polar surface area (TPSA) is 3.24 Å². The molecule has 1 heterocycles. The van der Waals surface area contributed by atoms with Crippen LogP contribution in [0.1, 0.15) is 23.5 Å². The minimum atomic E-state index is -0.0978. The van der Waals surface area contributed by atoms with Gasteiger partial charge in [-0.25, -0.2) is 4.39 Å². The van der Waals surface area contributed by atoms with E-state index in [1.165, 1.54) is 6.07 Å². The molecule has 0 saturated carbocycles. The summed E-state index contributed by atoms with van der Waals surface area (Å²) in [6.07, 6.45) is 0.986. The van der Waals surface area contributed by atoms with Gasteiger partial charge in [0.25, 0.3) is 0 Å². The molecule has 1 aliphatic heterocycles. The smallest absolute Gasteiger partial charge is 0.126 e. The summed E-state index contributed by atoms with van der Waals surface area (Å²) in [5, 5.41) is 0.701. The number of benzene rings is 2. The maximum atomic E-state index is 13.8. The molecule has 0 bridgehead atoms. The van der Waals surface area contributed by atoms with Gasteiger partial charge in [0, 0.05) is 23.0 Å². The van der Waals surface area contributed by atoms with Crippen LogP contribution in [-0.4, -0.2) is 24.5 Å². The molecule has 0 radical (unpaired) electrons. The predicted molar refractivity (Wildman–Crippen MR) is 88.5 cm³/mol. The van der Waals surface area contributed by atoms with Crippen LogP contribution in [0.2, 0.25) is 5.02 Å². The molecule has 1 nitrogen and oxygen atoms in total. The van der Waals surface area contributed by atoms with Crippen LogP contribution >= 0.6 is 11.6 Å². The summed E-state index contributed by atoms with van der Waals surface area (Å²) in [6.45, 7) is 2.53. The lowest BCUT2D eigenvalue weighted by molar-refractivity contribution is 0.376. The Bertz CT molecular complexity index is 717. The average Bonchev–Trinajstić information content (AvgIpc) is 2.96. The van der Waals surface area contributed by atoms with Gasteiger partial charge in [-0.1, -0.05) is 47.7 Å². The third kappa shape index (κ3) is 3.68. The van der Waals surface area contributed by atoms with E-state index in [1.54, 1.807) is 6.07 Å². The summed E-state index contributed by atoms with van der Waals surface area (Å²) >= 11 is 5.94. The van der Waals surface area contributed by atoms with Gasteiger partial charge < -0.3 is 0 Å². The fraction of sp³-hybridized carbons (Fsp3) is 0.263. The third-order valence-electron chi connectivity index (χ3n) is 3.98. The van der Waals surface area contributed by atoms with Crippen LogP contribution in [0.5, 0.6) is 0 Å². The first-order valence-corrected chi connectivity index (χ1v) is 7.81. The van der Waals surface area contributed by atoms with Crippen LogP contribution in [-0.2, 0) is 0 Å². The number of rotatable bonds is 2. The van der Waals surface area contributed by atoms with Gasteiger partial charge in [0.2, 0.25) is 0 Å². The molecular weight excluding hydrogens is 297 g/mol. The van der Waals surface area contributed by atoms with Gasteiger partial charge >= 0.3 is 0 Å². The van der Waals surface area contributed by atoms with E-state index in [1.807, 2.05) is 36.4 Å². The molecule has 112 valence electrons. The molecule has 0 amide bonds. The number of likely N-dealkylation sites (tertiary alicyclic amines) is 1. The van der Waals surface area contributed by atoms with E-state index in [0.717, 1.165) is 30.6 Å². The minimum Gasteiger partial charge on any atom is -0.292 e. The summed E-state index contributed by atoms with van der Waals surface area (Å²) < 4.78 is 13.8. The summed E-state index contributed by atoms with van der Waals surface area (Å²) in [5.74, 6) is 6.48. The van der Waals surface area contributed by atoms with E-state index in [2.05, 4.69) is 16.7 Å². The Morgan fingerprint density at radius 3 is 2.86 bits per heavy atom. The van der Waals surface area contributed by atoms with E-state index in [9.17, 15) is 4.39 Å². The quantitative estimate of drug-likeness (QED) is 0.746. The van der Waals surface area contributed by atoms with Crippen LogP contribution in [0.15, 0.2) is 48.5 Å². The van der Waals surface area contributed by atoms with Gasteiger partial charge in [0.1, 0.15) is 5.82 Å². The van der Waals surface area contributed by atoms with Crippen molar-refractivity contribution in [1.29, 1.82) is 0 Å². The Balaban J connectivity index is 1.59. The van der Waals surface area contributed by atoms with Crippen molar-refractivity contribution in [2.45, 2.75) is 12.3 Å². The molecular formula is C19H17ClFN. The van der Waals surface area contributed by atoms with Gasteiger partial charge in [0.15, 0.2) is 0 Å². The van der Waals surface area contributed by atoms with Crippen LogP contribution in [0.4, 0.5) is 4.39 Å². The number of hydrogen-bond donors (Lipinski definition) is 0. The zero-order valence-electron chi connectivity index (χ0n) is 12.2. The highest BCUT2D eigenvalue weighted by molar-refractivity contribution is 6.30. The first-order chi connectivity index (χ1) is 10.7. The van der Waals surface area contributed by atoms with E-state index in [4.69, 9.17) is 11.6 Å². The second kappa shape index (κ2) is 6.96. The summed E-state index contributed by atoms with van der Waals surface area (Å²) in [6, 6.07) is 14.6. The van der Waals surface area contributed by atoms with Crippen LogP contribution < -0.4 is 0 Å². The zero-order valence-corrected chi connectivity index (χ0v) is 13.0. The zero-order chi connectivity index (χ0) is 15.4. The molecule has 1 fully saturated rings. The Labute approximate surface area is 135 Å². The Kier molecular flexibility index (Phi) is 4.77. The minimum absolute atomic E-state index is 0.0978. The van der Waals surface area contributed by atoms with E-state index < -0.39 is 0 Å². The van der Waals surface area contributed by atoms with Crippen molar-refractivity contribution in [2.24, 2.45) is 0 Å². The second-order valence-electron chi connectivity index (χ2n) is 5.55. The molecule has 1 atom stereocenters. The highest BCUT2D eigenvalue weighted by Crippen LogP contribution is 2.28. The summed E-state index contributed by atoms with van der Waals surface area (Å²) in [4.78, 5) is 2.27. The largest absolute Gasteiger partial charge is 0.292 e. The number of nitrogens with zero attached hydrogens (tertiary/aromatic N) is 1. The monoisotopic (exact) mass is 313 g/mol. The third-order valence-corrected chi connectivity index (χ3v) is 4.21. The van der Waals surface area contributed by atoms with Gasteiger partial charge in [0.05, 0.1) is 6.54 Å². The van der Waals surface area contributed by atoms with Crippen LogP contribution in [0.3, 0.4) is 0 Å². The highest BCUT2D eigenvalue weighted by atomic mass is 35.5. The molecule has 3 rings (SSSR count). The van der Waals surface area contributed by atoms with Crippen molar-refractivity contribution in [2.75, 3.05) is 19.6 Å². The standard InChI is InChI=1S/C19H17ClFN/c20-17-7-3-5-15(13-17)6-4-11-22-12-10-16(14-22)18-8-1-2-9-19(18)21/h1-3,5,7-9,13,16H,10-12,14H2. The van der Waals surface area contributed by atoms with Gasteiger partial charge in [-0.05, 0) is 42.8 Å². The molecule has 3 heteroatoms. The first kappa shape index (κ1) is 15.1. The van der Waals surface area contributed by atoms with Crippen molar-refractivity contribution in [3.8, 4) is 11.8 Å². The fourth-order valence-corrected chi connectivity index (χ4v) is 3.05. The number of hydrogen-bond acceptors (Lipinski definition) is 1. The lowest BCUT2D eigenvalue weighted by Crippen LogP contribution is -2.20. The molecule has 2 aromatic rings. The molecule has 0 aliphatic carbocycles. The van der Waals surface area contributed by atoms with E-state index >= 15 is 0 Å². The van der Waals surface area contributed by atoms with E-state index in [0.29, 0.717) is 11.6 Å². The maximum Gasteiger partial charge on any atom is 0.126 e. The van der Waals surface area contributed by atoms with Crippen LogP contribution in [0.25, 0.3) is 0 Å². The van der Waals surface area contributed by atoms with Crippen molar-refractivity contribution in [1.82, 2.24) is 4.90 Å². The molecule has 1 unspecified atom stereocenters. The Morgan fingerprint density at radius 2 is 2.05 bits per heavy atom. The molecule has 0 spiro atoms. The fourth-order valence-electron chi connectivity index (χ4n) is 2.86. The summed E-state index contributed by atoms with van der Waals surface area (Å²) in [5.41, 5.74) is 1.75. The van der Waals surface area contributed by atoms with Crippen LogP contribution in [0, 0.1) is 17.7 Å². The Hall–Kier alpha value is -1.82. The molecule has 22 heavy (non-hydrogen) atoms. The van der Waals surface area contributed by atoms with Crippen molar-refractivity contribution in [3.05, 3.63) is 70.5 Å². The predicted octanol–water partition coefficient (Wildman–Crippen LogP) is 4.32. The molecule has 2 aromatic carbocycles. The molecule has 0 aromatic heterocycles. The normalized spacial score (nSPS) is 18.0. The number of halogens is 2. The van der Waals surface area contributed by atoms with Gasteiger partial charge in [-0.2, -0.15) is 0 Å². The maximum absolute atomic E-state index is 13.8. The Morgan fingerprint density at radius 1 is 1.18 bits per heavy atom. The molecule has 1 aliphatic rings. The SMILES string of the molecule is Fc1ccccc1C1CCN(CC#Cc2cccc(Cl)c2)C1. The lowest BCUT2D eigenvalue weighted by Gasteiger charge is -2.13. The van der Waals surface area contributed by atoms with Crippen molar-refractivity contribution in [3.63, 3.8) is 0 Å². The van der Waals surface area contributed by atoms with E-state index in [-0.39, 0.29) is 11.7 Å². The first-order valence-electron chi connectivity index (χ1n) is 7.43. The molecule has 0 N–H and O–H groups in total. The average molecular weight is 314 g/mol. The lowest BCUT2D eigenvalue weighted by atomic mass is 9.98. The van der Waals surface area contributed by atoms with Crippen molar-refractivity contribution >= 4 is 11.6 Å². The van der Waals surface area contributed by atoms with Gasteiger partial charge in [-0.15, -0.1) is 0 Å². The highest BCUT2D eigenvalue weighted by Gasteiger charge is 2.24. The second-order valence-corrected chi connectivity index (χ2v) is 5.99. The van der Waals surface area contributed by atoms with Gasteiger partial charge in [-0.3, -0.25) is 4.90 Å². The van der Waals surface area contributed by atoms with Crippen molar-refractivity contribution < 1.29 is 4.39 Å².